The number of rotatable bonds is 5. The summed E-state index contributed by atoms with van der Waals surface area (Å²) in [5.74, 6) is 1.65. The fourth-order valence-electron chi connectivity index (χ4n) is 3.94. The fourth-order valence-corrected chi connectivity index (χ4v) is 5.22. The second-order valence-corrected chi connectivity index (χ2v) is 10.1. The average Bonchev–Trinajstić information content (AvgIpc) is 2.74. The lowest BCUT2D eigenvalue weighted by molar-refractivity contribution is 0.436. The van der Waals surface area contributed by atoms with Crippen LogP contribution in [0.5, 0.6) is 0 Å². The predicted molar refractivity (Wildman–Crippen MR) is 125 cm³/mol. The summed E-state index contributed by atoms with van der Waals surface area (Å²) in [5.41, 5.74) is 3.76. The summed E-state index contributed by atoms with van der Waals surface area (Å²) in [7, 11) is -3.68. The van der Waals surface area contributed by atoms with E-state index < -0.39 is 10.0 Å². The zero-order valence-electron chi connectivity index (χ0n) is 18.2. The lowest BCUT2D eigenvalue weighted by Gasteiger charge is -2.30. The van der Waals surface area contributed by atoms with E-state index in [1.165, 1.54) is 12.8 Å². The second kappa shape index (κ2) is 8.67. The first-order valence-corrected chi connectivity index (χ1v) is 12.1. The van der Waals surface area contributed by atoms with Crippen molar-refractivity contribution in [2.75, 3.05) is 22.7 Å². The van der Waals surface area contributed by atoms with Crippen LogP contribution in [-0.4, -0.2) is 31.7 Å². The zero-order valence-corrected chi connectivity index (χ0v) is 19.0. The van der Waals surface area contributed by atoms with Crippen molar-refractivity contribution in [1.29, 1.82) is 0 Å². The molecule has 0 amide bonds. The number of anilines is 2. The summed E-state index contributed by atoms with van der Waals surface area (Å²) in [6, 6.07) is 16.5. The lowest BCUT2D eigenvalue weighted by Crippen LogP contribution is -2.33. The third-order valence-electron chi connectivity index (χ3n) is 5.79. The van der Waals surface area contributed by atoms with Gasteiger partial charge in [0.15, 0.2) is 5.82 Å². The fraction of sp³-hybridized carbons (Fsp3) is 0.333. The second-order valence-electron chi connectivity index (χ2n) is 8.40. The van der Waals surface area contributed by atoms with Gasteiger partial charge >= 0.3 is 0 Å². The summed E-state index contributed by atoms with van der Waals surface area (Å²) in [6.45, 7) is 8.04. The molecule has 1 fully saturated rings. The first kappa shape index (κ1) is 21.3. The zero-order chi connectivity index (χ0) is 22.0. The van der Waals surface area contributed by atoms with E-state index in [9.17, 15) is 8.42 Å². The molecule has 1 saturated heterocycles. The van der Waals surface area contributed by atoms with Crippen LogP contribution in [0.3, 0.4) is 0 Å². The molecule has 3 aromatic rings. The third kappa shape index (κ3) is 4.88. The molecule has 1 N–H and O–H groups in total. The molecule has 0 spiro atoms. The highest BCUT2D eigenvalue weighted by atomic mass is 32.2. The minimum atomic E-state index is -3.68. The minimum absolute atomic E-state index is 0.281. The van der Waals surface area contributed by atoms with Gasteiger partial charge < -0.3 is 4.90 Å². The Morgan fingerprint density at radius 2 is 1.74 bits per heavy atom. The molecule has 0 bridgehead atoms. The smallest absolute Gasteiger partial charge is 0.262 e. The molecule has 1 aliphatic heterocycles. The maximum Gasteiger partial charge on any atom is 0.262 e. The molecule has 2 heterocycles. The van der Waals surface area contributed by atoms with Crippen LogP contribution in [0.1, 0.15) is 30.9 Å². The van der Waals surface area contributed by atoms with E-state index in [4.69, 9.17) is 0 Å². The highest BCUT2D eigenvalue weighted by Gasteiger charge is 2.19. The molecule has 0 unspecified atom stereocenters. The molecule has 1 aromatic heterocycles. The van der Waals surface area contributed by atoms with Gasteiger partial charge in [-0.1, -0.05) is 36.8 Å². The molecule has 0 saturated carbocycles. The molecular weight excluding hydrogens is 408 g/mol. The third-order valence-corrected chi connectivity index (χ3v) is 7.33. The Balaban J connectivity index is 1.53. The number of sulfonamides is 1. The van der Waals surface area contributed by atoms with Crippen molar-refractivity contribution in [1.82, 2.24) is 10.2 Å². The molecule has 4 rings (SSSR count). The first-order chi connectivity index (χ1) is 14.8. The highest BCUT2D eigenvalue weighted by Crippen LogP contribution is 2.26. The average molecular weight is 437 g/mol. The Morgan fingerprint density at radius 3 is 2.42 bits per heavy atom. The van der Waals surface area contributed by atoms with Crippen LogP contribution in [0, 0.1) is 19.8 Å². The maximum atomic E-state index is 12.9. The predicted octanol–water partition coefficient (Wildman–Crippen LogP) is 4.80. The van der Waals surface area contributed by atoms with Crippen LogP contribution in [0.4, 0.5) is 11.5 Å². The number of benzene rings is 2. The van der Waals surface area contributed by atoms with Gasteiger partial charge in [0.25, 0.3) is 10.0 Å². The summed E-state index contributed by atoms with van der Waals surface area (Å²) in [6.07, 6.45) is 2.35. The molecule has 31 heavy (non-hydrogen) atoms. The summed E-state index contributed by atoms with van der Waals surface area (Å²) >= 11 is 0. The van der Waals surface area contributed by atoms with Crippen LogP contribution in [0.2, 0.25) is 0 Å². The van der Waals surface area contributed by atoms with Crippen molar-refractivity contribution in [3.8, 4) is 11.3 Å². The monoisotopic (exact) mass is 436 g/mol. The summed E-state index contributed by atoms with van der Waals surface area (Å²) in [5, 5.41) is 8.81. The summed E-state index contributed by atoms with van der Waals surface area (Å²) < 4.78 is 28.4. The topological polar surface area (TPSA) is 75.2 Å². The number of piperidine rings is 1. The van der Waals surface area contributed by atoms with Gasteiger partial charge in [0.1, 0.15) is 0 Å². The van der Waals surface area contributed by atoms with Crippen LogP contribution < -0.4 is 9.62 Å². The number of hydrogen-bond acceptors (Lipinski definition) is 5. The van der Waals surface area contributed by atoms with Crippen molar-refractivity contribution in [3.05, 3.63) is 65.7 Å². The molecular formula is C24H28N4O2S. The molecule has 0 atom stereocenters. The normalized spacial score (nSPS) is 15.1. The lowest BCUT2D eigenvalue weighted by atomic mass is 9.99. The van der Waals surface area contributed by atoms with Gasteiger partial charge in [0.05, 0.1) is 10.6 Å². The molecule has 6 nitrogen and oxygen atoms in total. The van der Waals surface area contributed by atoms with E-state index in [0.29, 0.717) is 11.4 Å². The van der Waals surface area contributed by atoms with Crippen molar-refractivity contribution in [2.24, 2.45) is 5.92 Å². The van der Waals surface area contributed by atoms with E-state index in [-0.39, 0.29) is 4.90 Å². The van der Waals surface area contributed by atoms with Crippen molar-refractivity contribution < 1.29 is 8.42 Å². The number of nitrogens with zero attached hydrogens (tertiary/aromatic N) is 3. The Bertz CT molecular complexity index is 1170. The van der Waals surface area contributed by atoms with Gasteiger partial charge in [-0.15, -0.1) is 10.2 Å². The minimum Gasteiger partial charge on any atom is -0.355 e. The van der Waals surface area contributed by atoms with Crippen LogP contribution in [0.25, 0.3) is 11.3 Å². The first-order valence-electron chi connectivity index (χ1n) is 10.6. The van der Waals surface area contributed by atoms with Crippen LogP contribution in [-0.2, 0) is 10.0 Å². The van der Waals surface area contributed by atoms with Gasteiger partial charge in [-0.3, -0.25) is 4.72 Å². The van der Waals surface area contributed by atoms with Gasteiger partial charge in [-0.25, -0.2) is 8.42 Å². The molecule has 1 aliphatic rings. The van der Waals surface area contributed by atoms with Crippen LogP contribution in [0.15, 0.2) is 59.5 Å². The standard InChI is InChI=1S/C24H28N4O2S/c1-17-11-13-28(14-12-17)24-10-8-22(25-26-24)20-5-4-6-21(16-20)27-31(29,30)23-9-7-18(2)15-19(23)3/h4-10,15-17,27H,11-14H2,1-3H3. The Morgan fingerprint density at radius 1 is 0.968 bits per heavy atom. The molecule has 0 radical (unpaired) electrons. The Labute approximate surface area is 184 Å². The van der Waals surface area contributed by atoms with Crippen molar-refractivity contribution in [2.45, 2.75) is 38.5 Å². The number of hydrogen-bond donors (Lipinski definition) is 1. The van der Waals surface area contributed by atoms with Gasteiger partial charge in [-0.05, 0) is 68.5 Å². The quantitative estimate of drug-likeness (QED) is 0.622. The van der Waals surface area contributed by atoms with Crippen molar-refractivity contribution >= 4 is 21.5 Å². The number of aromatic nitrogens is 2. The highest BCUT2D eigenvalue weighted by molar-refractivity contribution is 7.92. The van der Waals surface area contributed by atoms with Crippen LogP contribution >= 0.6 is 0 Å². The number of aryl methyl sites for hydroxylation is 2. The van der Waals surface area contributed by atoms with Gasteiger partial charge in [0.2, 0.25) is 0 Å². The maximum absolute atomic E-state index is 12.9. The molecule has 2 aromatic carbocycles. The van der Waals surface area contributed by atoms with E-state index >= 15 is 0 Å². The molecule has 7 heteroatoms. The van der Waals surface area contributed by atoms with Crippen molar-refractivity contribution in [3.63, 3.8) is 0 Å². The Hall–Kier alpha value is -2.93. The molecule has 162 valence electrons. The number of nitrogens with one attached hydrogen (secondary N) is 1. The summed E-state index contributed by atoms with van der Waals surface area (Å²) in [4.78, 5) is 2.55. The SMILES string of the molecule is Cc1ccc(S(=O)(=O)Nc2cccc(-c3ccc(N4CCC(C)CC4)nn3)c2)c(C)c1. The molecule has 0 aliphatic carbocycles. The van der Waals surface area contributed by atoms with Gasteiger partial charge in [0, 0.05) is 24.3 Å². The van der Waals surface area contributed by atoms with Gasteiger partial charge in [-0.2, -0.15) is 0 Å². The largest absolute Gasteiger partial charge is 0.355 e. The Kier molecular flexibility index (Phi) is 5.96. The van der Waals surface area contributed by atoms with E-state index in [1.807, 2.05) is 37.3 Å². The van der Waals surface area contributed by atoms with E-state index in [1.54, 1.807) is 31.2 Å². The van der Waals surface area contributed by atoms with E-state index in [2.05, 4.69) is 26.7 Å². The van der Waals surface area contributed by atoms with E-state index in [0.717, 1.165) is 41.5 Å².